The Balaban J connectivity index is 1.99. The molecule has 6 nitrogen and oxygen atoms in total. The molecule has 1 aliphatic heterocycles. The molecule has 1 fully saturated rings. The highest BCUT2D eigenvalue weighted by Gasteiger charge is 2.23. The number of benzene rings is 1. The fraction of sp³-hybridized carbons (Fsp3) is 0.462. The van der Waals surface area contributed by atoms with Crippen LogP contribution in [0, 0.1) is 0 Å². The summed E-state index contributed by atoms with van der Waals surface area (Å²) in [5.74, 6) is -1.01. The van der Waals surface area contributed by atoms with Gasteiger partial charge >= 0.3 is 5.97 Å². The Hall–Kier alpha value is -1.15. The van der Waals surface area contributed by atoms with Crippen LogP contribution in [-0.2, 0) is 16.6 Å². The third-order valence-electron chi connectivity index (χ3n) is 3.49. The Labute approximate surface area is 129 Å². The highest BCUT2D eigenvalue weighted by Crippen LogP contribution is 2.20. The molecule has 0 unspecified atom stereocenters. The van der Waals surface area contributed by atoms with Gasteiger partial charge in [0.15, 0.2) is 0 Å². The number of nitrogens with zero attached hydrogens (tertiary/aromatic N) is 2. The summed E-state index contributed by atoms with van der Waals surface area (Å²) in [5.41, 5.74) is 1.00. The number of rotatable bonds is 4. The lowest BCUT2D eigenvalue weighted by molar-refractivity contribution is 0.0697. The molecule has 1 saturated heterocycles. The van der Waals surface area contributed by atoms with E-state index in [1.54, 1.807) is 6.07 Å². The van der Waals surface area contributed by atoms with Crippen LogP contribution in [0.1, 0.15) is 15.9 Å². The molecular formula is C13H17ClN2O4S. The summed E-state index contributed by atoms with van der Waals surface area (Å²) in [7, 11) is -3.13. The van der Waals surface area contributed by atoms with Gasteiger partial charge in [0.05, 0.1) is 11.8 Å². The Bertz CT molecular complexity index is 640. The van der Waals surface area contributed by atoms with E-state index in [0.29, 0.717) is 37.7 Å². The lowest BCUT2D eigenvalue weighted by Gasteiger charge is -2.33. The van der Waals surface area contributed by atoms with Crippen LogP contribution in [0.3, 0.4) is 0 Å². The van der Waals surface area contributed by atoms with Gasteiger partial charge in [-0.3, -0.25) is 4.90 Å². The van der Waals surface area contributed by atoms with Crippen molar-refractivity contribution >= 4 is 27.6 Å². The molecule has 0 radical (unpaired) electrons. The van der Waals surface area contributed by atoms with Gasteiger partial charge in [-0.2, -0.15) is 4.31 Å². The summed E-state index contributed by atoms with van der Waals surface area (Å²) in [5, 5.41) is 9.31. The number of aromatic carboxylic acids is 1. The largest absolute Gasteiger partial charge is 0.478 e. The predicted molar refractivity (Wildman–Crippen MR) is 80.1 cm³/mol. The van der Waals surface area contributed by atoms with Crippen molar-refractivity contribution in [1.29, 1.82) is 0 Å². The van der Waals surface area contributed by atoms with Gasteiger partial charge in [-0.05, 0) is 17.7 Å². The zero-order chi connectivity index (χ0) is 15.6. The monoisotopic (exact) mass is 332 g/mol. The van der Waals surface area contributed by atoms with E-state index in [-0.39, 0.29) is 5.56 Å². The molecule has 0 bridgehead atoms. The maximum atomic E-state index is 11.4. The number of hydrogen-bond donors (Lipinski definition) is 1. The second-order valence-corrected chi connectivity index (χ2v) is 7.44. The first-order valence-corrected chi connectivity index (χ1v) is 8.69. The molecule has 1 N–H and O–H groups in total. The average molecular weight is 333 g/mol. The minimum Gasteiger partial charge on any atom is -0.478 e. The van der Waals surface area contributed by atoms with Crippen molar-refractivity contribution in [3.63, 3.8) is 0 Å². The molecule has 1 heterocycles. The SMILES string of the molecule is CS(=O)(=O)N1CCN(Cc2ccc(C(=O)O)cc2Cl)CC1. The Morgan fingerprint density at radius 2 is 1.90 bits per heavy atom. The Morgan fingerprint density at radius 1 is 1.29 bits per heavy atom. The minimum atomic E-state index is -3.13. The lowest BCUT2D eigenvalue weighted by atomic mass is 10.1. The van der Waals surface area contributed by atoms with Crippen LogP contribution >= 0.6 is 11.6 Å². The standard InChI is InChI=1S/C13H17ClN2O4S/c1-21(19,20)16-6-4-15(5-7-16)9-11-3-2-10(13(17)18)8-12(11)14/h2-3,8H,4-7,9H2,1H3,(H,17,18). The van der Waals surface area contributed by atoms with Crippen molar-refractivity contribution < 1.29 is 18.3 Å². The van der Waals surface area contributed by atoms with Crippen molar-refractivity contribution in [3.05, 3.63) is 34.3 Å². The molecule has 21 heavy (non-hydrogen) atoms. The molecule has 1 aliphatic rings. The highest BCUT2D eigenvalue weighted by atomic mass is 35.5. The van der Waals surface area contributed by atoms with Gasteiger partial charge in [-0.25, -0.2) is 13.2 Å². The van der Waals surface area contributed by atoms with Gasteiger partial charge in [-0.1, -0.05) is 17.7 Å². The number of carbonyl (C=O) groups is 1. The third-order valence-corrected chi connectivity index (χ3v) is 5.15. The molecule has 0 spiro atoms. The van der Waals surface area contributed by atoms with Gasteiger partial charge in [-0.15, -0.1) is 0 Å². The quantitative estimate of drug-likeness (QED) is 0.893. The fourth-order valence-corrected chi connectivity index (χ4v) is 3.34. The van der Waals surface area contributed by atoms with Crippen molar-refractivity contribution in [1.82, 2.24) is 9.21 Å². The molecule has 2 rings (SSSR count). The van der Waals surface area contributed by atoms with Crippen molar-refractivity contribution in [2.45, 2.75) is 6.54 Å². The summed E-state index contributed by atoms with van der Waals surface area (Å²) >= 11 is 6.10. The third kappa shape index (κ3) is 4.16. The summed E-state index contributed by atoms with van der Waals surface area (Å²) in [6, 6.07) is 4.66. The van der Waals surface area contributed by atoms with Crippen LogP contribution in [0.5, 0.6) is 0 Å². The van der Waals surface area contributed by atoms with Crippen LogP contribution in [0.25, 0.3) is 0 Å². The first-order valence-electron chi connectivity index (χ1n) is 6.46. The zero-order valence-corrected chi connectivity index (χ0v) is 13.2. The van der Waals surface area contributed by atoms with E-state index >= 15 is 0 Å². The van der Waals surface area contributed by atoms with Gasteiger partial charge in [0.25, 0.3) is 0 Å². The molecule has 0 saturated carbocycles. The smallest absolute Gasteiger partial charge is 0.335 e. The summed E-state index contributed by atoms with van der Waals surface area (Å²) in [6.45, 7) is 2.76. The number of halogens is 1. The van der Waals surface area contributed by atoms with Gasteiger partial charge in [0, 0.05) is 37.7 Å². The molecule has 116 valence electrons. The van der Waals surface area contributed by atoms with E-state index in [1.807, 2.05) is 0 Å². The van der Waals surface area contributed by atoms with E-state index in [1.165, 1.54) is 22.7 Å². The maximum absolute atomic E-state index is 11.4. The molecule has 0 amide bonds. The molecule has 0 aromatic heterocycles. The van der Waals surface area contributed by atoms with Gasteiger partial charge in [0.2, 0.25) is 10.0 Å². The average Bonchev–Trinajstić information content (AvgIpc) is 2.40. The van der Waals surface area contributed by atoms with Crippen molar-refractivity contribution in [3.8, 4) is 0 Å². The minimum absolute atomic E-state index is 0.158. The topological polar surface area (TPSA) is 77.9 Å². The van der Waals surface area contributed by atoms with Crippen molar-refractivity contribution in [2.75, 3.05) is 32.4 Å². The summed E-state index contributed by atoms with van der Waals surface area (Å²) in [6.07, 6.45) is 1.21. The van der Waals surface area contributed by atoms with E-state index < -0.39 is 16.0 Å². The summed E-state index contributed by atoms with van der Waals surface area (Å²) in [4.78, 5) is 13.0. The molecular weight excluding hydrogens is 316 g/mol. The Morgan fingerprint density at radius 3 is 2.38 bits per heavy atom. The van der Waals surface area contributed by atoms with Crippen LogP contribution in [0.4, 0.5) is 0 Å². The molecule has 0 aliphatic carbocycles. The number of hydrogen-bond acceptors (Lipinski definition) is 4. The van der Waals surface area contributed by atoms with Crippen LogP contribution < -0.4 is 0 Å². The molecule has 1 aromatic carbocycles. The number of carboxylic acids is 1. The van der Waals surface area contributed by atoms with E-state index in [9.17, 15) is 13.2 Å². The predicted octanol–water partition coefficient (Wildman–Crippen LogP) is 1.12. The molecule has 1 aromatic rings. The molecule has 8 heteroatoms. The normalized spacial score (nSPS) is 17.8. The van der Waals surface area contributed by atoms with Crippen LogP contribution in [0.15, 0.2) is 18.2 Å². The van der Waals surface area contributed by atoms with Crippen LogP contribution in [-0.4, -0.2) is 61.1 Å². The number of piperazine rings is 1. The number of sulfonamides is 1. The Kier molecular flexibility index (Phi) is 4.88. The second-order valence-electron chi connectivity index (χ2n) is 5.05. The van der Waals surface area contributed by atoms with Gasteiger partial charge < -0.3 is 5.11 Å². The highest BCUT2D eigenvalue weighted by molar-refractivity contribution is 7.88. The first kappa shape index (κ1) is 16.2. The molecule has 0 atom stereocenters. The zero-order valence-electron chi connectivity index (χ0n) is 11.6. The number of carboxylic acid groups (broad SMARTS) is 1. The van der Waals surface area contributed by atoms with Crippen LogP contribution in [0.2, 0.25) is 5.02 Å². The first-order chi connectivity index (χ1) is 9.77. The van der Waals surface area contributed by atoms with Crippen molar-refractivity contribution in [2.24, 2.45) is 0 Å². The van der Waals surface area contributed by atoms with E-state index in [4.69, 9.17) is 16.7 Å². The second kappa shape index (κ2) is 6.31. The van der Waals surface area contributed by atoms with Gasteiger partial charge in [0.1, 0.15) is 0 Å². The van der Waals surface area contributed by atoms with E-state index in [0.717, 1.165) is 5.56 Å². The summed E-state index contributed by atoms with van der Waals surface area (Å²) < 4.78 is 24.3. The fourth-order valence-electron chi connectivity index (χ4n) is 2.27. The lowest BCUT2D eigenvalue weighted by Crippen LogP contribution is -2.47. The van der Waals surface area contributed by atoms with E-state index in [2.05, 4.69) is 4.90 Å². The maximum Gasteiger partial charge on any atom is 0.335 e.